The van der Waals surface area contributed by atoms with E-state index in [1.54, 1.807) is 0 Å². The van der Waals surface area contributed by atoms with Crippen LogP contribution in [0.1, 0.15) is 361 Å². The molecular weight excluding hydrogens is 961 g/mol. The molecule has 0 fully saturated rings. The molecule has 0 aromatic heterocycles. The largest absolute Gasteiger partial charge is 0.462 e. The molecule has 0 aliphatic carbocycles. The van der Waals surface area contributed by atoms with Crippen LogP contribution in [-0.2, 0) is 28.6 Å². The lowest BCUT2D eigenvalue weighted by Crippen LogP contribution is -2.30. The van der Waals surface area contributed by atoms with Crippen LogP contribution in [-0.4, -0.2) is 37.2 Å². The number of allylic oxidation sites excluding steroid dienone is 10. The second-order valence-electron chi connectivity index (χ2n) is 23.1. The Morgan fingerprint density at radius 3 is 0.795 bits per heavy atom. The van der Waals surface area contributed by atoms with Crippen molar-refractivity contribution in [3.63, 3.8) is 0 Å². The Hall–Kier alpha value is -2.89. The maximum Gasteiger partial charge on any atom is 0.306 e. The fourth-order valence-corrected chi connectivity index (χ4v) is 10.1. The van der Waals surface area contributed by atoms with E-state index in [4.69, 9.17) is 14.2 Å². The summed E-state index contributed by atoms with van der Waals surface area (Å²) in [7, 11) is 0. The van der Waals surface area contributed by atoms with Gasteiger partial charge in [0.2, 0.25) is 0 Å². The fourth-order valence-electron chi connectivity index (χ4n) is 10.1. The molecule has 6 nitrogen and oxygen atoms in total. The number of hydrogen-bond acceptors (Lipinski definition) is 6. The van der Waals surface area contributed by atoms with Gasteiger partial charge in [0.1, 0.15) is 13.2 Å². The highest BCUT2D eigenvalue weighted by molar-refractivity contribution is 5.71. The van der Waals surface area contributed by atoms with E-state index in [2.05, 4.69) is 81.5 Å². The van der Waals surface area contributed by atoms with Gasteiger partial charge in [-0.15, -0.1) is 0 Å². The Bertz CT molecular complexity index is 1390. The van der Waals surface area contributed by atoms with Crippen molar-refractivity contribution in [2.24, 2.45) is 0 Å². The number of rotatable bonds is 63. The summed E-state index contributed by atoms with van der Waals surface area (Å²) >= 11 is 0. The van der Waals surface area contributed by atoms with Crippen LogP contribution >= 0.6 is 0 Å². The van der Waals surface area contributed by atoms with E-state index in [9.17, 15) is 14.4 Å². The van der Waals surface area contributed by atoms with Crippen LogP contribution in [0.15, 0.2) is 60.8 Å². The molecule has 0 aliphatic heterocycles. The molecule has 0 saturated carbocycles. The topological polar surface area (TPSA) is 78.9 Å². The molecule has 0 heterocycles. The third-order valence-electron chi connectivity index (χ3n) is 15.3. The van der Waals surface area contributed by atoms with Gasteiger partial charge in [-0.05, 0) is 83.5 Å². The molecule has 78 heavy (non-hydrogen) atoms. The number of carbonyl (C=O) groups is 3. The minimum atomic E-state index is -0.775. The summed E-state index contributed by atoms with van der Waals surface area (Å²) in [5.74, 6) is -0.852. The molecule has 6 heteroatoms. The first-order valence-corrected chi connectivity index (χ1v) is 34.3. The molecule has 0 aliphatic rings. The first-order valence-electron chi connectivity index (χ1n) is 34.3. The maximum absolute atomic E-state index is 12.9. The van der Waals surface area contributed by atoms with Crippen molar-refractivity contribution >= 4 is 17.9 Å². The Morgan fingerprint density at radius 2 is 0.500 bits per heavy atom. The third kappa shape index (κ3) is 63.9. The summed E-state index contributed by atoms with van der Waals surface area (Å²) in [6.45, 7) is 6.58. The predicted octanol–water partition coefficient (Wildman–Crippen LogP) is 23.5. The summed E-state index contributed by atoms with van der Waals surface area (Å²) in [6.07, 6.45) is 85.2. The standard InChI is InChI=1S/C72H130O6/c1-4-7-10-13-16-19-22-25-28-30-32-33-34-35-36-37-38-39-40-42-44-47-50-53-56-59-62-65-71(74)77-68-69(67-76-70(73)64-61-58-55-52-49-46-43-27-24-21-18-15-12-9-6-3)78-72(75)66-63-60-57-54-51-48-45-41-31-29-26-23-20-17-14-11-8-5-2/h7,10,16,19,25,28-29,31-33,69H,4-6,8-9,11-15,17-18,20-24,26-27,30,34-68H2,1-3H3/b10-7-,19-16-,28-25-,31-29-,33-32-. The van der Waals surface area contributed by atoms with Crippen LogP contribution in [0.5, 0.6) is 0 Å². The van der Waals surface area contributed by atoms with Gasteiger partial charge >= 0.3 is 17.9 Å². The number of unbranched alkanes of at least 4 members (excludes halogenated alkanes) is 42. The molecule has 0 spiro atoms. The van der Waals surface area contributed by atoms with Crippen molar-refractivity contribution in [1.82, 2.24) is 0 Å². The minimum Gasteiger partial charge on any atom is -0.462 e. The van der Waals surface area contributed by atoms with Gasteiger partial charge < -0.3 is 14.2 Å². The SMILES string of the molecule is CC/C=C\C/C=C\C/C=C\C/C=C\CCCCCCCCCCCCCCCCC(=O)OCC(COC(=O)CCCCCCCCCCCCCCCCC)OC(=O)CCCCCCCCC/C=C\CCCCCCCCC. The summed E-state index contributed by atoms with van der Waals surface area (Å²) < 4.78 is 17.0. The van der Waals surface area contributed by atoms with Gasteiger partial charge in [0, 0.05) is 19.3 Å². The van der Waals surface area contributed by atoms with Crippen molar-refractivity contribution in [2.45, 2.75) is 367 Å². The quantitative estimate of drug-likeness (QED) is 0.0261. The molecule has 0 radical (unpaired) electrons. The van der Waals surface area contributed by atoms with Gasteiger partial charge in [0.05, 0.1) is 0 Å². The van der Waals surface area contributed by atoms with Crippen LogP contribution < -0.4 is 0 Å². The Balaban J connectivity index is 4.27. The fraction of sp³-hybridized carbons (Fsp3) is 0.819. The van der Waals surface area contributed by atoms with Gasteiger partial charge in [-0.1, -0.05) is 319 Å². The highest BCUT2D eigenvalue weighted by Crippen LogP contribution is 2.18. The molecule has 0 bridgehead atoms. The minimum absolute atomic E-state index is 0.0708. The monoisotopic (exact) mass is 1090 g/mol. The van der Waals surface area contributed by atoms with Crippen molar-refractivity contribution in [3.05, 3.63) is 60.8 Å². The van der Waals surface area contributed by atoms with Gasteiger partial charge in [-0.3, -0.25) is 14.4 Å². The second-order valence-corrected chi connectivity index (χ2v) is 23.1. The van der Waals surface area contributed by atoms with Gasteiger partial charge in [0.15, 0.2) is 6.10 Å². The van der Waals surface area contributed by atoms with Crippen molar-refractivity contribution < 1.29 is 28.6 Å². The number of esters is 3. The highest BCUT2D eigenvalue weighted by atomic mass is 16.6. The average Bonchev–Trinajstić information content (AvgIpc) is 3.44. The normalized spacial score (nSPS) is 12.4. The Kier molecular flexibility index (Phi) is 64.2. The van der Waals surface area contributed by atoms with Crippen molar-refractivity contribution in [3.8, 4) is 0 Å². The summed E-state index contributed by atoms with van der Waals surface area (Å²) in [5, 5.41) is 0. The summed E-state index contributed by atoms with van der Waals surface area (Å²) in [4.78, 5) is 38.4. The lowest BCUT2D eigenvalue weighted by Gasteiger charge is -2.18. The van der Waals surface area contributed by atoms with Crippen LogP contribution in [0.4, 0.5) is 0 Å². The van der Waals surface area contributed by atoms with Crippen LogP contribution in [0, 0.1) is 0 Å². The van der Waals surface area contributed by atoms with Crippen molar-refractivity contribution in [1.29, 1.82) is 0 Å². The predicted molar refractivity (Wildman–Crippen MR) is 339 cm³/mol. The molecular formula is C72H130O6. The van der Waals surface area contributed by atoms with E-state index in [-0.39, 0.29) is 31.1 Å². The average molecular weight is 1090 g/mol. The summed E-state index contributed by atoms with van der Waals surface area (Å²) in [6, 6.07) is 0. The molecule has 1 unspecified atom stereocenters. The van der Waals surface area contributed by atoms with Gasteiger partial charge in [-0.25, -0.2) is 0 Å². The Morgan fingerprint density at radius 1 is 0.269 bits per heavy atom. The molecule has 0 saturated heterocycles. The zero-order chi connectivity index (χ0) is 56.4. The summed E-state index contributed by atoms with van der Waals surface area (Å²) in [5.41, 5.74) is 0. The zero-order valence-electron chi connectivity index (χ0n) is 52.2. The lowest BCUT2D eigenvalue weighted by molar-refractivity contribution is -0.167. The Labute approximate surface area is 485 Å². The van der Waals surface area contributed by atoms with E-state index in [1.807, 2.05) is 0 Å². The van der Waals surface area contributed by atoms with Crippen LogP contribution in [0.3, 0.4) is 0 Å². The van der Waals surface area contributed by atoms with E-state index >= 15 is 0 Å². The van der Waals surface area contributed by atoms with Crippen molar-refractivity contribution in [2.75, 3.05) is 13.2 Å². The van der Waals surface area contributed by atoms with Crippen LogP contribution in [0.25, 0.3) is 0 Å². The van der Waals surface area contributed by atoms with E-state index in [1.165, 1.54) is 238 Å². The van der Waals surface area contributed by atoms with Crippen LogP contribution in [0.2, 0.25) is 0 Å². The second kappa shape index (κ2) is 66.6. The number of hydrogen-bond donors (Lipinski definition) is 0. The molecule has 454 valence electrons. The molecule has 0 aromatic rings. The van der Waals surface area contributed by atoms with Gasteiger partial charge in [-0.2, -0.15) is 0 Å². The van der Waals surface area contributed by atoms with Gasteiger partial charge in [0.25, 0.3) is 0 Å². The molecule has 0 amide bonds. The van der Waals surface area contributed by atoms with E-state index in [0.717, 1.165) is 83.5 Å². The molecule has 0 N–H and O–H groups in total. The molecule has 0 rings (SSSR count). The maximum atomic E-state index is 12.9. The number of ether oxygens (including phenoxy) is 3. The molecule has 1 atom stereocenters. The zero-order valence-corrected chi connectivity index (χ0v) is 52.2. The van der Waals surface area contributed by atoms with E-state index in [0.29, 0.717) is 19.3 Å². The van der Waals surface area contributed by atoms with E-state index < -0.39 is 6.10 Å². The lowest BCUT2D eigenvalue weighted by atomic mass is 10.0. The highest BCUT2D eigenvalue weighted by Gasteiger charge is 2.19. The first kappa shape index (κ1) is 75.1. The third-order valence-corrected chi connectivity index (χ3v) is 15.3. The number of carbonyl (C=O) groups excluding carboxylic acids is 3. The molecule has 0 aromatic carbocycles. The smallest absolute Gasteiger partial charge is 0.306 e. The first-order chi connectivity index (χ1) is 38.5.